The highest BCUT2D eigenvalue weighted by molar-refractivity contribution is 5.86. The van der Waals surface area contributed by atoms with Crippen molar-refractivity contribution in [1.29, 1.82) is 0 Å². The number of aliphatic carboxylic acids is 1. The number of carboxylic acids is 1. The summed E-state index contributed by atoms with van der Waals surface area (Å²) in [6.07, 6.45) is -0.345. The van der Waals surface area contributed by atoms with Crippen LogP contribution in [0, 0.1) is 5.41 Å². The predicted octanol–water partition coefficient (Wildman–Crippen LogP) is 0.802. The summed E-state index contributed by atoms with van der Waals surface area (Å²) < 4.78 is 5.20. The molecule has 0 amide bonds. The van der Waals surface area contributed by atoms with Crippen molar-refractivity contribution >= 4 is 5.97 Å². The van der Waals surface area contributed by atoms with Crippen LogP contribution in [0.15, 0.2) is 11.1 Å². The summed E-state index contributed by atoms with van der Waals surface area (Å²) in [6, 6.07) is 0. The highest BCUT2D eigenvalue weighted by Crippen LogP contribution is 2.22. The van der Waals surface area contributed by atoms with E-state index in [4.69, 9.17) is 25.2 Å². The smallest absolute Gasteiger partial charge is 0.331 e. The molecule has 6 nitrogen and oxygen atoms in total. The molecule has 0 rings (SSSR count). The minimum atomic E-state index is -0.921. The van der Waals surface area contributed by atoms with Gasteiger partial charge in [-0.15, -0.1) is 0 Å². The first kappa shape index (κ1) is 21.4. The lowest BCUT2D eigenvalue weighted by atomic mass is 9.85. The molecule has 120 valence electrons. The van der Waals surface area contributed by atoms with E-state index < -0.39 is 11.4 Å². The number of allylic oxidation sites excluding steroid dienone is 1. The first-order chi connectivity index (χ1) is 9.22. The van der Waals surface area contributed by atoms with Crippen molar-refractivity contribution in [2.45, 2.75) is 40.7 Å². The lowest BCUT2D eigenvalue weighted by Gasteiger charge is -2.33. The van der Waals surface area contributed by atoms with Crippen molar-refractivity contribution in [2.24, 2.45) is 5.41 Å². The number of ether oxygens (including phenoxy) is 1. The molecular weight excluding hydrogens is 264 g/mol. The Morgan fingerprint density at radius 3 is 1.65 bits per heavy atom. The highest BCUT2D eigenvalue weighted by Gasteiger charge is 2.35. The van der Waals surface area contributed by atoms with Crippen LogP contribution >= 0.6 is 0 Å². The third-order valence-electron chi connectivity index (χ3n) is 3.29. The van der Waals surface area contributed by atoms with Gasteiger partial charge in [0.05, 0.1) is 31.3 Å². The summed E-state index contributed by atoms with van der Waals surface area (Å²) in [5, 5.41) is 35.2. The standard InChI is InChI=1S/C8H18O4.C6H10O2/c1-3-12-7(2)8(4-9,5-10)6-11;1-4(2)5(3)6(7)8/h7,9-11H,3-6H2,1-2H3;1-3H3,(H,7,8). The van der Waals surface area contributed by atoms with E-state index in [-0.39, 0.29) is 25.9 Å². The zero-order chi connectivity index (χ0) is 16.3. The highest BCUT2D eigenvalue weighted by atomic mass is 16.5. The molecule has 0 bridgehead atoms. The van der Waals surface area contributed by atoms with Crippen molar-refractivity contribution in [2.75, 3.05) is 26.4 Å². The molecule has 0 fully saturated rings. The van der Waals surface area contributed by atoms with E-state index in [9.17, 15) is 4.79 Å². The Hall–Kier alpha value is -0.950. The second-order valence-electron chi connectivity index (χ2n) is 4.86. The molecule has 0 aromatic carbocycles. The Morgan fingerprint density at radius 1 is 1.10 bits per heavy atom. The molecule has 0 saturated heterocycles. The second-order valence-corrected chi connectivity index (χ2v) is 4.86. The first-order valence-corrected chi connectivity index (χ1v) is 6.53. The van der Waals surface area contributed by atoms with Gasteiger partial charge in [0.15, 0.2) is 0 Å². The summed E-state index contributed by atoms with van der Waals surface area (Å²) in [5.41, 5.74) is 0.373. The molecule has 6 heteroatoms. The van der Waals surface area contributed by atoms with Crippen LogP contribution in [-0.4, -0.2) is 58.9 Å². The quantitative estimate of drug-likeness (QED) is 0.517. The van der Waals surface area contributed by atoms with Crippen LogP contribution in [0.4, 0.5) is 0 Å². The van der Waals surface area contributed by atoms with Crippen molar-refractivity contribution in [3.8, 4) is 0 Å². The predicted molar refractivity (Wildman–Crippen MR) is 76.5 cm³/mol. The van der Waals surface area contributed by atoms with Gasteiger partial charge in [0.2, 0.25) is 0 Å². The van der Waals surface area contributed by atoms with Crippen LogP contribution in [-0.2, 0) is 9.53 Å². The van der Waals surface area contributed by atoms with Crippen LogP contribution in [0.5, 0.6) is 0 Å². The molecule has 0 heterocycles. The van der Waals surface area contributed by atoms with Crippen molar-refractivity contribution in [1.82, 2.24) is 0 Å². The maximum absolute atomic E-state index is 10.1. The van der Waals surface area contributed by atoms with E-state index in [1.807, 2.05) is 6.92 Å². The maximum atomic E-state index is 10.1. The van der Waals surface area contributed by atoms with Gasteiger partial charge in [-0.1, -0.05) is 5.57 Å². The number of rotatable bonds is 7. The number of aliphatic hydroxyl groups excluding tert-OH is 3. The Kier molecular flexibility index (Phi) is 11.5. The van der Waals surface area contributed by atoms with E-state index in [2.05, 4.69) is 0 Å². The fourth-order valence-electron chi connectivity index (χ4n) is 1.18. The van der Waals surface area contributed by atoms with Crippen LogP contribution in [0.1, 0.15) is 34.6 Å². The molecule has 1 atom stereocenters. The van der Waals surface area contributed by atoms with Crippen LogP contribution in [0.2, 0.25) is 0 Å². The van der Waals surface area contributed by atoms with E-state index in [1.54, 1.807) is 27.7 Å². The summed E-state index contributed by atoms with van der Waals surface area (Å²) in [5.74, 6) is -0.829. The zero-order valence-electron chi connectivity index (χ0n) is 13.0. The van der Waals surface area contributed by atoms with Crippen LogP contribution in [0.25, 0.3) is 0 Å². The SMILES string of the molecule is CC(C)=C(C)C(=O)O.CCOC(C)C(CO)(CO)CO. The number of carbonyl (C=O) groups is 1. The minimum absolute atomic E-state index is 0.277. The van der Waals surface area contributed by atoms with Gasteiger partial charge in [0.1, 0.15) is 0 Å². The number of aliphatic hydroxyl groups is 3. The van der Waals surface area contributed by atoms with Gasteiger partial charge >= 0.3 is 5.97 Å². The lowest BCUT2D eigenvalue weighted by molar-refractivity contribution is -0.132. The molecule has 0 aromatic heterocycles. The molecular formula is C14H28O6. The fourth-order valence-corrected chi connectivity index (χ4v) is 1.18. The normalized spacial score (nSPS) is 12.2. The first-order valence-electron chi connectivity index (χ1n) is 6.53. The molecule has 0 aliphatic rings. The monoisotopic (exact) mass is 292 g/mol. The average molecular weight is 292 g/mol. The number of carboxylic acid groups (broad SMARTS) is 1. The Labute approximate surface area is 120 Å². The summed E-state index contributed by atoms with van der Waals surface area (Å²) in [7, 11) is 0. The second kappa shape index (κ2) is 10.8. The fraction of sp³-hybridized carbons (Fsp3) is 0.786. The van der Waals surface area contributed by atoms with Gasteiger partial charge < -0.3 is 25.2 Å². The van der Waals surface area contributed by atoms with E-state index in [1.165, 1.54) is 0 Å². The van der Waals surface area contributed by atoms with E-state index >= 15 is 0 Å². The van der Waals surface area contributed by atoms with Crippen molar-refractivity contribution in [3.05, 3.63) is 11.1 Å². The van der Waals surface area contributed by atoms with Crippen LogP contribution in [0.3, 0.4) is 0 Å². The summed E-state index contributed by atoms with van der Waals surface area (Å²) in [4.78, 5) is 10.1. The van der Waals surface area contributed by atoms with Crippen molar-refractivity contribution < 1.29 is 30.0 Å². The van der Waals surface area contributed by atoms with Crippen molar-refractivity contribution in [3.63, 3.8) is 0 Å². The molecule has 20 heavy (non-hydrogen) atoms. The minimum Gasteiger partial charge on any atom is -0.478 e. The average Bonchev–Trinajstić information content (AvgIpc) is 2.41. The maximum Gasteiger partial charge on any atom is 0.331 e. The molecule has 0 aliphatic heterocycles. The Balaban J connectivity index is 0. The molecule has 0 spiro atoms. The summed E-state index contributed by atoms with van der Waals surface area (Å²) in [6.45, 7) is 8.39. The zero-order valence-corrected chi connectivity index (χ0v) is 13.0. The van der Waals surface area contributed by atoms with E-state index in [0.29, 0.717) is 12.2 Å². The number of hydrogen-bond donors (Lipinski definition) is 4. The topological polar surface area (TPSA) is 107 Å². The van der Waals surface area contributed by atoms with Gasteiger partial charge in [-0.2, -0.15) is 0 Å². The van der Waals surface area contributed by atoms with Gasteiger partial charge in [-0.3, -0.25) is 0 Å². The third-order valence-corrected chi connectivity index (χ3v) is 3.29. The summed E-state index contributed by atoms with van der Waals surface area (Å²) >= 11 is 0. The largest absolute Gasteiger partial charge is 0.478 e. The molecule has 1 unspecified atom stereocenters. The molecule has 0 aromatic rings. The molecule has 0 saturated carbocycles. The van der Waals surface area contributed by atoms with Gasteiger partial charge in [0.25, 0.3) is 0 Å². The van der Waals surface area contributed by atoms with Gasteiger partial charge in [-0.05, 0) is 34.6 Å². The van der Waals surface area contributed by atoms with E-state index in [0.717, 1.165) is 5.57 Å². The third kappa shape index (κ3) is 7.00. The lowest BCUT2D eigenvalue weighted by Crippen LogP contribution is -2.45. The van der Waals surface area contributed by atoms with Crippen LogP contribution < -0.4 is 0 Å². The molecule has 0 aliphatic carbocycles. The molecule has 0 radical (unpaired) electrons. The van der Waals surface area contributed by atoms with Gasteiger partial charge in [0, 0.05) is 12.2 Å². The Morgan fingerprint density at radius 2 is 1.50 bits per heavy atom. The Bertz CT molecular complexity index is 295. The number of hydrogen-bond acceptors (Lipinski definition) is 5. The van der Waals surface area contributed by atoms with Gasteiger partial charge in [-0.25, -0.2) is 4.79 Å². The molecule has 4 N–H and O–H groups in total.